The minimum Gasteiger partial charge on any atom is -0.456 e. The highest BCUT2D eigenvalue weighted by Gasteiger charge is 2.18. The molecule has 0 aliphatic carbocycles. The van der Waals surface area contributed by atoms with Crippen LogP contribution in [0.4, 0.5) is 17.1 Å². The zero-order valence-corrected chi connectivity index (χ0v) is 27.9. The average molecular weight is 670 g/mol. The van der Waals surface area contributed by atoms with E-state index in [0.29, 0.717) is 21.7 Å². The topological polar surface area (TPSA) is 16.4 Å². The maximum atomic E-state index is 9.20. The molecule has 0 radical (unpaired) electrons. The normalized spacial score (nSPS) is 13.1. The smallest absolute Gasteiger partial charge is 0.136 e. The monoisotopic (exact) mass is 669 g/mol. The summed E-state index contributed by atoms with van der Waals surface area (Å²) < 4.78 is 58.0. The SMILES string of the molecule is [2H]c1cc2oc3c([2H])c([2H])c4cc(-c5ccc(N(c6ccc(-c7ccc8ccccc8c7)cc6)c6ccccc6-c6ccccc6)cc5)cc([2H])c4c3c2c([2H])c1[2H]. The standard InChI is InChI=1S/C50H33NO/c1-2-11-37(12-3-1)44-14-6-8-16-47(44)51(42-26-20-35(21-27-42)39-19-18-34-10-4-5-13-38(34)32-39)43-28-22-36(23-29-43)40-24-30-45-41(33-40)25-31-49-50(45)46-15-7-9-17-48(46)52-49/h1-33H/i7D,9D,15D,25D,30D,31D. The molecule has 2 heteroatoms. The third kappa shape index (κ3) is 5.21. The van der Waals surface area contributed by atoms with Crippen molar-refractivity contribution in [1.29, 1.82) is 0 Å². The van der Waals surface area contributed by atoms with Crippen LogP contribution in [0.15, 0.2) is 204 Å². The molecular formula is C50H33NO. The summed E-state index contributed by atoms with van der Waals surface area (Å²) in [6.45, 7) is 0. The van der Waals surface area contributed by atoms with Gasteiger partial charge in [0.25, 0.3) is 0 Å². The molecule has 2 nitrogen and oxygen atoms in total. The van der Waals surface area contributed by atoms with Crippen LogP contribution >= 0.6 is 0 Å². The molecule has 0 saturated carbocycles. The molecule has 1 heterocycles. The van der Waals surface area contributed by atoms with Crippen molar-refractivity contribution in [2.75, 3.05) is 4.90 Å². The first-order valence-corrected chi connectivity index (χ1v) is 17.3. The van der Waals surface area contributed by atoms with Gasteiger partial charge in [-0.2, -0.15) is 0 Å². The number of anilines is 3. The number of hydrogen-bond donors (Lipinski definition) is 0. The molecule has 0 saturated heterocycles. The Labute approximate surface area is 310 Å². The largest absolute Gasteiger partial charge is 0.456 e. The lowest BCUT2D eigenvalue weighted by Gasteiger charge is -2.28. The van der Waals surface area contributed by atoms with Gasteiger partial charge >= 0.3 is 0 Å². The second-order valence-corrected chi connectivity index (χ2v) is 12.9. The third-order valence-corrected chi connectivity index (χ3v) is 9.80. The van der Waals surface area contributed by atoms with Crippen LogP contribution in [0.5, 0.6) is 0 Å². The molecule has 0 atom stereocenters. The van der Waals surface area contributed by atoms with Crippen molar-refractivity contribution in [3.63, 3.8) is 0 Å². The second-order valence-electron chi connectivity index (χ2n) is 12.9. The number of furan rings is 1. The fraction of sp³-hybridized carbons (Fsp3) is 0. The van der Waals surface area contributed by atoms with E-state index >= 15 is 0 Å². The molecule has 244 valence electrons. The lowest BCUT2D eigenvalue weighted by atomic mass is 9.97. The van der Waals surface area contributed by atoms with Gasteiger partial charge in [0.1, 0.15) is 11.2 Å². The van der Waals surface area contributed by atoms with E-state index in [9.17, 15) is 1.37 Å². The summed E-state index contributed by atoms with van der Waals surface area (Å²) in [5.74, 6) is 0. The molecule has 0 N–H and O–H groups in total. The maximum absolute atomic E-state index is 9.20. The van der Waals surface area contributed by atoms with Crippen LogP contribution in [0, 0.1) is 0 Å². The van der Waals surface area contributed by atoms with Crippen molar-refractivity contribution >= 4 is 60.5 Å². The van der Waals surface area contributed by atoms with Crippen molar-refractivity contribution in [1.82, 2.24) is 0 Å². The van der Waals surface area contributed by atoms with E-state index in [1.54, 1.807) is 6.07 Å². The van der Waals surface area contributed by atoms with Crippen LogP contribution in [0.1, 0.15) is 8.22 Å². The fourth-order valence-corrected chi connectivity index (χ4v) is 7.23. The summed E-state index contributed by atoms with van der Waals surface area (Å²) in [6, 6.07) is 54.6. The van der Waals surface area contributed by atoms with Gasteiger partial charge in [-0.15, -0.1) is 0 Å². The average Bonchev–Trinajstić information content (AvgIpc) is 3.64. The van der Waals surface area contributed by atoms with Crippen LogP contribution in [0.2, 0.25) is 0 Å². The molecule has 9 aromatic carbocycles. The van der Waals surface area contributed by atoms with Crippen molar-refractivity contribution in [2.45, 2.75) is 0 Å². The highest BCUT2D eigenvalue weighted by molar-refractivity contribution is 6.19. The molecule has 0 fully saturated rings. The van der Waals surface area contributed by atoms with E-state index in [1.807, 2.05) is 36.4 Å². The Morgan fingerprint density at radius 3 is 1.85 bits per heavy atom. The summed E-state index contributed by atoms with van der Waals surface area (Å²) in [4.78, 5) is 2.25. The summed E-state index contributed by atoms with van der Waals surface area (Å²) in [6.07, 6.45) is 0. The highest BCUT2D eigenvalue weighted by Crippen LogP contribution is 2.42. The predicted octanol–water partition coefficient (Wildman–Crippen LogP) is 14.4. The quantitative estimate of drug-likeness (QED) is 0.175. The highest BCUT2D eigenvalue weighted by atomic mass is 16.3. The van der Waals surface area contributed by atoms with Crippen LogP contribution in [0.3, 0.4) is 0 Å². The summed E-state index contributed by atoms with van der Waals surface area (Å²) in [7, 11) is 0. The van der Waals surface area contributed by atoms with Gasteiger partial charge in [-0.1, -0.05) is 145 Å². The first-order chi connectivity index (χ1) is 28.2. The number of benzene rings is 9. The van der Waals surface area contributed by atoms with Crippen molar-refractivity contribution in [2.24, 2.45) is 0 Å². The Bertz CT molecular complexity index is 3230. The maximum Gasteiger partial charge on any atom is 0.136 e. The summed E-state index contributed by atoms with van der Waals surface area (Å²) in [5, 5.41) is 3.81. The first-order valence-electron chi connectivity index (χ1n) is 20.3. The van der Waals surface area contributed by atoms with Crippen molar-refractivity contribution in [3.8, 4) is 33.4 Å². The zero-order valence-electron chi connectivity index (χ0n) is 33.9. The van der Waals surface area contributed by atoms with Crippen LogP contribution in [-0.4, -0.2) is 0 Å². The lowest BCUT2D eigenvalue weighted by Crippen LogP contribution is -2.11. The molecule has 0 bridgehead atoms. The molecule has 10 aromatic rings. The van der Waals surface area contributed by atoms with E-state index < -0.39 is 0 Å². The molecule has 0 aliphatic rings. The number of nitrogens with zero attached hydrogens (tertiary/aromatic N) is 1. The molecule has 0 aliphatic heterocycles. The third-order valence-electron chi connectivity index (χ3n) is 9.80. The van der Waals surface area contributed by atoms with Gasteiger partial charge in [-0.05, 0) is 104 Å². The fourth-order valence-electron chi connectivity index (χ4n) is 7.23. The summed E-state index contributed by atoms with van der Waals surface area (Å²) in [5.41, 5.74) is 9.20. The van der Waals surface area contributed by atoms with Gasteiger partial charge in [-0.3, -0.25) is 0 Å². The van der Waals surface area contributed by atoms with Gasteiger partial charge in [0.15, 0.2) is 0 Å². The molecule has 0 amide bonds. The van der Waals surface area contributed by atoms with Crippen LogP contribution in [-0.2, 0) is 0 Å². The Kier molecular flexibility index (Phi) is 5.82. The second kappa shape index (κ2) is 12.5. The van der Waals surface area contributed by atoms with Gasteiger partial charge in [0, 0.05) is 27.7 Å². The van der Waals surface area contributed by atoms with Gasteiger partial charge in [0.05, 0.1) is 13.9 Å². The van der Waals surface area contributed by atoms with Gasteiger partial charge < -0.3 is 9.32 Å². The van der Waals surface area contributed by atoms with E-state index in [0.717, 1.165) is 44.9 Å². The predicted molar refractivity (Wildman–Crippen MR) is 220 cm³/mol. The molecule has 0 spiro atoms. The van der Waals surface area contributed by atoms with E-state index in [2.05, 4.69) is 120 Å². The number of fused-ring (bicyclic) bond motifs is 6. The van der Waals surface area contributed by atoms with Crippen LogP contribution in [0.25, 0.3) is 76.9 Å². The molecule has 10 rings (SSSR count). The van der Waals surface area contributed by atoms with Gasteiger partial charge in [-0.25, -0.2) is 0 Å². The van der Waals surface area contributed by atoms with Crippen molar-refractivity contribution in [3.05, 3.63) is 200 Å². The lowest BCUT2D eigenvalue weighted by molar-refractivity contribution is 0.669. The molecule has 1 aromatic heterocycles. The summed E-state index contributed by atoms with van der Waals surface area (Å²) >= 11 is 0. The number of para-hydroxylation sites is 2. The van der Waals surface area contributed by atoms with E-state index in [4.69, 9.17) is 11.3 Å². The zero-order chi connectivity index (χ0) is 39.7. The van der Waals surface area contributed by atoms with Crippen molar-refractivity contribution < 1.29 is 12.6 Å². The molecular weight excluding hydrogens is 631 g/mol. The first kappa shape index (κ1) is 24.3. The minimum atomic E-state index is -0.255. The molecule has 0 unspecified atom stereocenters. The minimum absolute atomic E-state index is 0.0813. The molecule has 52 heavy (non-hydrogen) atoms. The Hall–Kier alpha value is -6.90. The van der Waals surface area contributed by atoms with Gasteiger partial charge in [0.2, 0.25) is 0 Å². The Balaban J connectivity index is 1.09. The Morgan fingerprint density at radius 2 is 1.06 bits per heavy atom. The number of rotatable bonds is 6. The van der Waals surface area contributed by atoms with E-state index in [1.165, 1.54) is 16.8 Å². The van der Waals surface area contributed by atoms with Crippen LogP contribution < -0.4 is 4.90 Å². The van der Waals surface area contributed by atoms with E-state index in [-0.39, 0.29) is 52.8 Å². The number of hydrogen-bond acceptors (Lipinski definition) is 2. The Morgan fingerprint density at radius 1 is 0.404 bits per heavy atom.